The molecule has 0 aliphatic carbocycles. The van der Waals surface area contributed by atoms with Gasteiger partial charge in [-0.1, -0.05) is 11.6 Å². The molecule has 0 unspecified atom stereocenters. The van der Waals surface area contributed by atoms with Gasteiger partial charge in [-0.05, 0) is 18.2 Å². The highest BCUT2D eigenvalue weighted by Gasteiger charge is 2.16. The largest absolute Gasteiger partial charge is 0.496 e. The zero-order chi connectivity index (χ0) is 11.7. The monoisotopic (exact) mass is 240 g/mol. The molecule has 0 fully saturated rings. The number of benzene rings is 1. The fraction of sp³-hybridized carbons (Fsp3) is 0.100. The molecule has 1 aromatic heterocycles. The second-order valence-corrected chi connectivity index (χ2v) is 3.58. The van der Waals surface area contributed by atoms with E-state index in [-0.39, 0.29) is 11.4 Å². The molecule has 0 bridgehead atoms. The molecule has 2 rings (SSSR count). The zero-order valence-electron chi connectivity index (χ0n) is 8.37. The highest BCUT2D eigenvalue weighted by molar-refractivity contribution is 6.31. The first kappa shape index (κ1) is 10.6. The van der Waals surface area contributed by atoms with Crippen LogP contribution in [0.3, 0.4) is 0 Å². The molecule has 0 aliphatic heterocycles. The lowest BCUT2D eigenvalue weighted by molar-refractivity contribution is 0.415. The lowest BCUT2D eigenvalue weighted by atomic mass is 10.1. The van der Waals surface area contributed by atoms with Crippen LogP contribution in [0.25, 0.3) is 11.1 Å². The quantitative estimate of drug-likeness (QED) is 0.748. The van der Waals surface area contributed by atoms with Crippen LogP contribution in [0.2, 0.25) is 5.02 Å². The van der Waals surface area contributed by atoms with E-state index in [9.17, 15) is 9.90 Å². The summed E-state index contributed by atoms with van der Waals surface area (Å²) in [6.45, 7) is 0. The maximum Gasteiger partial charge on any atom is 0.275 e. The molecule has 6 heteroatoms. The molecule has 5 nitrogen and oxygen atoms in total. The number of hydrogen-bond acceptors (Lipinski definition) is 3. The summed E-state index contributed by atoms with van der Waals surface area (Å²) in [6, 6.07) is 4.82. The number of nitrogens with one attached hydrogen (secondary N) is 2. The van der Waals surface area contributed by atoms with Crippen molar-refractivity contribution in [3.8, 4) is 22.8 Å². The molecule has 0 aliphatic rings. The Labute approximate surface area is 95.6 Å². The maximum atomic E-state index is 11.5. The summed E-state index contributed by atoms with van der Waals surface area (Å²) in [5.41, 5.74) is 0.118. The van der Waals surface area contributed by atoms with Crippen LogP contribution in [-0.2, 0) is 0 Å². The second-order valence-electron chi connectivity index (χ2n) is 3.15. The first-order valence-corrected chi connectivity index (χ1v) is 4.85. The van der Waals surface area contributed by atoms with Crippen LogP contribution in [0.15, 0.2) is 23.0 Å². The summed E-state index contributed by atoms with van der Waals surface area (Å²) in [5, 5.41) is 14.6. The molecule has 0 radical (unpaired) electrons. The molecule has 84 valence electrons. The first-order chi connectivity index (χ1) is 7.63. The molecule has 1 heterocycles. The average molecular weight is 241 g/mol. The van der Waals surface area contributed by atoms with Gasteiger partial charge in [0.25, 0.3) is 5.56 Å². The van der Waals surface area contributed by atoms with Crippen molar-refractivity contribution in [3.05, 3.63) is 33.6 Å². The van der Waals surface area contributed by atoms with E-state index in [0.29, 0.717) is 16.3 Å². The lowest BCUT2D eigenvalue weighted by Crippen LogP contribution is -2.02. The van der Waals surface area contributed by atoms with Gasteiger partial charge in [0.15, 0.2) is 0 Å². The third-order valence-corrected chi connectivity index (χ3v) is 2.42. The Hall–Kier alpha value is -1.88. The Balaban J connectivity index is 2.72. The number of aromatic nitrogens is 2. The second kappa shape index (κ2) is 3.94. The lowest BCUT2D eigenvalue weighted by Gasteiger charge is -2.06. The van der Waals surface area contributed by atoms with E-state index in [2.05, 4.69) is 10.2 Å². The van der Waals surface area contributed by atoms with Gasteiger partial charge in [0.05, 0.1) is 7.11 Å². The number of methoxy groups -OCH3 is 1. The van der Waals surface area contributed by atoms with Crippen LogP contribution in [0.1, 0.15) is 0 Å². The minimum Gasteiger partial charge on any atom is -0.496 e. The Bertz CT molecular complexity index is 574. The van der Waals surface area contributed by atoms with Gasteiger partial charge in [-0.3, -0.25) is 15.0 Å². The number of ether oxygens (including phenoxy) is 1. The summed E-state index contributed by atoms with van der Waals surface area (Å²) in [4.78, 5) is 11.5. The van der Waals surface area contributed by atoms with Crippen molar-refractivity contribution >= 4 is 11.6 Å². The van der Waals surface area contributed by atoms with E-state index in [0.717, 1.165) is 0 Å². The van der Waals surface area contributed by atoms with Crippen molar-refractivity contribution < 1.29 is 9.84 Å². The van der Waals surface area contributed by atoms with Crippen LogP contribution in [0.5, 0.6) is 11.6 Å². The molecule has 1 aromatic carbocycles. The van der Waals surface area contributed by atoms with E-state index >= 15 is 0 Å². The van der Waals surface area contributed by atoms with Crippen LogP contribution < -0.4 is 10.3 Å². The minimum absolute atomic E-state index is 0.111. The van der Waals surface area contributed by atoms with Gasteiger partial charge < -0.3 is 9.84 Å². The smallest absolute Gasteiger partial charge is 0.275 e. The standard InChI is InChI=1S/C10H9ClN2O3/c1-16-7-3-2-5(11)4-6(7)8-9(14)12-13-10(8)15/h2-4H,1H3,(H3,12,13,14,15). The molecule has 0 saturated heterocycles. The van der Waals surface area contributed by atoms with E-state index in [1.165, 1.54) is 7.11 Å². The van der Waals surface area contributed by atoms with Gasteiger partial charge in [0, 0.05) is 10.6 Å². The van der Waals surface area contributed by atoms with Gasteiger partial charge in [-0.15, -0.1) is 0 Å². The Morgan fingerprint density at radius 3 is 2.69 bits per heavy atom. The Kier molecular flexibility index (Phi) is 2.62. The maximum absolute atomic E-state index is 11.5. The fourth-order valence-corrected chi connectivity index (χ4v) is 1.65. The molecule has 0 spiro atoms. The number of aromatic amines is 2. The molecule has 16 heavy (non-hydrogen) atoms. The van der Waals surface area contributed by atoms with Gasteiger partial charge >= 0.3 is 0 Å². The molecular weight excluding hydrogens is 232 g/mol. The van der Waals surface area contributed by atoms with Crippen molar-refractivity contribution in [2.24, 2.45) is 0 Å². The van der Waals surface area contributed by atoms with Crippen molar-refractivity contribution in [3.63, 3.8) is 0 Å². The van der Waals surface area contributed by atoms with Gasteiger partial charge in [0.2, 0.25) is 5.88 Å². The fourth-order valence-electron chi connectivity index (χ4n) is 1.47. The third kappa shape index (κ3) is 1.65. The van der Waals surface area contributed by atoms with Crippen molar-refractivity contribution in [1.82, 2.24) is 10.2 Å². The normalized spacial score (nSPS) is 10.4. The van der Waals surface area contributed by atoms with Gasteiger partial charge in [0.1, 0.15) is 11.3 Å². The van der Waals surface area contributed by atoms with E-state index in [1.54, 1.807) is 18.2 Å². The molecular formula is C10H9ClN2O3. The summed E-state index contributed by atoms with van der Waals surface area (Å²) in [5.74, 6) is 0.218. The number of hydrogen-bond donors (Lipinski definition) is 3. The Morgan fingerprint density at radius 1 is 1.38 bits per heavy atom. The molecule has 3 N–H and O–H groups in total. The van der Waals surface area contributed by atoms with E-state index in [1.807, 2.05) is 0 Å². The molecule has 2 aromatic rings. The highest BCUT2D eigenvalue weighted by Crippen LogP contribution is 2.33. The number of H-pyrrole nitrogens is 2. The summed E-state index contributed by atoms with van der Waals surface area (Å²) in [7, 11) is 1.48. The van der Waals surface area contributed by atoms with Crippen molar-refractivity contribution in [1.29, 1.82) is 0 Å². The molecule has 0 saturated carbocycles. The molecule has 0 atom stereocenters. The van der Waals surface area contributed by atoms with Crippen LogP contribution in [-0.4, -0.2) is 22.4 Å². The summed E-state index contributed by atoms with van der Waals surface area (Å²) >= 11 is 5.84. The first-order valence-electron chi connectivity index (χ1n) is 4.47. The summed E-state index contributed by atoms with van der Waals surface area (Å²) in [6.07, 6.45) is 0. The third-order valence-electron chi connectivity index (χ3n) is 2.19. The van der Waals surface area contributed by atoms with Crippen LogP contribution >= 0.6 is 11.6 Å². The highest BCUT2D eigenvalue weighted by atomic mass is 35.5. The average Bonchev–Trinajstić information content (AvgIpc) is 2.58. The predicted octanol–water partition coefficient (Wildman–Crippen LogP) is 1.74. The number of rotatable bonds is 2. The zero-order valence-corrected chi connectivity index (χ0v) is 9.13. The van der Waals surface area contributed by atoms with Crippen molar-refractivity contribution in [2.75, 3.05) is 7.11 Å². The summed E-state index contributed by atoms with van der Waals surface area (Å²) < 4.78 is 5.10. The Morgan fingerprint density at radius 2 is 2.12 bits per heavy atom. The number of aromatic hydroxyl groups is 1. The van der Waals surface area contributed by atoms with Gasteiger partial charge in [-0.25, -0.2) is 0 Å². The van der Waals surface area contributed by atoms with E-state index in [4.69, 9.17) is 16.3 Å². The van der Waals surface area contributed by atoms with Crippen molar-refractivity contribution in [2.45, 2.75) is 0 Å². The predicted molar refractivity (Wildman–Crippen MR) is 60.1 cm³/mol. The van der Waals surface area contributed by atoms with E-state index < -0.39 is 5.56 Å². The number of halogens is 1. The minimum atomic E-state index is -0.432. The molecule has 0 amide bonds. The van der Waals surface area contributed by atoms with Crippen LogP contribution in [0, 0.1) is 0 Å². The topological polar surface area (TPSA) is 78.1 Å². The van der Waals surface area contributed by atoms with Gasteiger partial charge in [-0.2, -0.15) is 0 Å². The SMILES string of the molecule is COc1ccc(Cl)cc1-c1c(O)[nH][nH]c1=O. The van der Waals surface area contributed by atoms with Crippen LogP contribution in [0.4, 0.5) is 0 Å².